The molecule has 0 saturated carbocycles. The molecule has 1 aromatic heterocycles. The zero-order valence-corrected chi connectivity index (χ0v) is 9.84. The van der Waals surface area contributed by atoms with E-state index in [2.05, 4.69) is 21.8 Å². The summed E-state index contributed by atoms with van der Waals surface area (Å²) in [5.74, 6) is 0. The van der Waals surface area contributed by atoms with E-state index < -0.39 is 10.0 Å². The van der Waals surface area contributed by atoms with Crippen LogP contribution < -0.4 is 4.72 Å². The number of hydrogen-bond acceptors (Lipinski definition) is 3. The quantitative estimate of drug-likeness (QED) is 0.774. The molecule has 0 spiro atoms. The van der Waals surface area contributed by atoms with Crippen LogP contribution in [0.15, 0.2) is 17.3 Å². The van der Waals surface area contributed by atoms with E-state index in [-0.39, 0.29) is 10.9 Å². The molecule has 2 N–H and O–H groups in total. The lowest BCUT2D eigenvalue weighted by atomic mass is 10.2. The average molecular weight is 231 g/mol. The summed E-state index contributed by atoms with van der Waals surface area (Å²) in [7, 11) is -3.39. The van der Waals surface area contributed by atoms with Gasteiger partial charge in [-0.25, -0.2) is 13.1 Å². The Hall–Kier alpha value is -0.880. The van der Waals surface area contributed by atoms with Crippen LogP contribution >= 0.6 is 0 Å². The molecule has 0 bridgehead atoms. The van der Waals surface area contributed by atoms with E-state index in [9.17, 15) is 8.42 Å². The van der Waals surface area contributed by atoms with Crippen LogP contribution in [-0.4, -0.2) is 24.7 Å². The van der Waals surface area contributed by atoms with Gasteiger partial charge in [0, 0.05) is 12.2 Å². The lowest BCUT2D eigenvalue weighted by Crippen LogP contribution is -2.32. The molecule has 86 valence electrons. The number of nitrogens with one attached hydrogen (secondary N) is 2. The third kappa shape index (κ3) is 3.64. The molecular formula is C9H17N3O2S. The minimum atomic E-state index is -3.39. The van der Waals surface area contributed by atoms with Crippen LogP contribution in [0.5, 0.6) is 0 Å². The number of aromatic nitrogens is 2. The zero-order chi connectivity index (χ0) is 11.3. The van der Waals surface area contributed by atoms with Crippen molar-refractivity contribution in [1.82, 2.24) is 14.9 Å². The Morgan fingerprint density at radius 2 is 2.33 bits per heavy atom. The summed E-state index contributed by atoms with van der Waals surface area (Å²) in [4.78, 5) is 0.186. The number of H-pyrrole nitrogens is 1. The van der Waals surface area contributed by atoms with E-state index in [4.69, 9.17) is 0 Å². The molecule has 6 heteroatoms. The van der Waals surface area contributed by atoms with Gasteiger partial charge >= 0.3 is 0 Å². The lowest BCUT2D eigenvalue weighted by molar-refractivity contribution is 0.534. The van der Waals surface area contributed by atoms with Gasteiger partial charge in [-0.1, -0.05) is 19.8 Å². The van der Waals surface area contributed by atoms with Crippen LogP contribution in [0.3, 0.4) is 0 Å². The summed E-state index contributed by atoms with van der Waals surface area (Å²) in [6, 6.07) is -0.0372. The molecule has 0 aliphatic carbocycles. The lowest BCUT2D eigenvalue weighted by Gasteiger charge is -2.12. The van der Waals surface area contributed by atoms with Crippen molar-refractivity contribution in [2.24, 2.45) is 0 Å². The first-order valence-corrected chi connectivity index (χ1v) is 6.55. The third-order valence-electron chi connectivity index (χ3n) is 2.13. The van der Waals surface area contributed by atoms with Crippen molar-refractivity contribution >= 4 is 10.0 Å². The first-order chi connectivity index (χ1) is 7.06. The van der Waals surface area contributed by atoms with E-state index >= 15 is 0 Å². The minimum Gasteiger partial charge on any atom is -0.284 e. The number of unbranched alkanes of at least 4 members (excludes halogenated alkanes) is 1. The Balaban J connectivity index is 2.57. The van der Waals surface area contributed by atoms with E-state index in [1.54, 1.807) is 0 Å². The second kappa shape index (κ2) is 5.27. The van der Waals surface area contributed by atoms with E-state index in [1.165, 1.54) is 12.4 Å². The summed E-state index contributed by atoms with van der Waals surface area (Å²) in [6.45, 7) is 3.95. The van der Waals surface area contributed by atoms with Crippen molar-refractivity contribution in [2.75, 3.05) is 0 Å². The fourth-order valence-corrected chi connectivity index (χ4v) is 2.47. The molecule has 1 unspecified atom stereocenters. The summed E-state index contributed by atoms with van der Waals surface area (Å²) in [5.41, 5.74) is 0. The van der Waals surface area contributed by atoms with Gasteiger partial charge in [0.2, 0.25) is 10.0 Å². The molecule has 0 aliphatic heterocycles. The maximum atomic E-state index is 11.7. The highest BCUT2D eigenvalue weighted by molar-refractivity contribution is 7.89. The van der Waals surface area contributed by atoms with Gasteiger partial charge in [-0.3, -0.25) is 5.10 Å². The van der Waals surface area contributed by atoms with Crippen LogP contribution in [0.2, 0.25) is 0 Å². The molecule has 1 heterocycles. The maximum absolute atomic E-state index is 11.7. The molecule has 0 radical (unpaired) electrons. The molecule has 1 aromatic rings. The zero-order valence-electron chi connectivity index (χ0n) is 9.03. The molecule has 1 atom stereocenters. The number of aromatic amines is 1. The van der Waals surface area contributed by atoms with Gasteiger partial charge in [0.25, 0.3) is 0 Å². The van der Waals surface area contributed by atoms with Crippen LogP contribution in [0.25, 0.3) is 0 Å². The smallest absolute Gasteiger partial charge is 0.243 e. The monoisotopic (exact) mass is 231 g/mol. The van der Waals surface area contributed by atoms with Gasteiger partial charge in [-0.15, -0.1) is 0 Å². The number of rotatable bonds is 6. The number of hydrogen-bond donors (Lipinski definition) is 2. The van der Waals surface area contributed by atoms with Crippen molar-refractivity contribution < 1.29 is 8.42 Å². The van der Waals surface area contributed by atoms with E-state index in [1.807, 2.05) is 6.92 Å². The maximum Gasteiger partial charge on any atom is 0.243 e. The average Bonchev–Trinajstić information content (AvgIpc) is 2.67. The topological polar surface area (TPSA) is 74.8 Å². The van der Waals surface area contributed by atoms with Crippen molar-refractivity contribution in [1.29, 1.82) is 0 Å². The van der Waals surface area contributed by atoms with Crippen molar-refractivity contribution in [3.05, 3.63) is 12.4 Å². The minimum absolute atomic E-state index is 0.0372. The first kappa shape index (κ1) is 12.2. The molecule has 0 aromatic carbocycles. The Morgan fingerprint density at radius 1 is 1.60 bits per heavy atom. The summed E-state index contributed by atoms with van der Waals surface area (Å²) in [5, 5.41) is 6.10. The Kier molecular flexibility index (Phi) is 4.28. The normalized spacial score (nSPS) is 14.0. The third-order valence-corrected chi connectivity index (χ3v) is 3.69. The van der Waals surface area contributed by atoms with E-state index in [0.717, 1.165) is 19.3 Å². The van der Waals surface area contributed by atoms with Crippen molar-refractivity contribution in [2.45, 2.75) is 44.0 Å². The van der Waals surface area contributed by atoms with Crippen LogP contribution in [0.4, 0.5) is 0 Å². The van der Waals surface area contributed by atoms with Gasteiger partial charge < -0.3 is 0 Å². The summed E-state index contributed by atoms with van der Waals surface area (Å²) >= 11 is 0. The molecule has 0 saturated heterocycles. The van der Waals surface area contributed by atoms with Gasteiger partial charge in [0.1, 0.15) is 4.90 Å². The second-order valence-corrected chi connectivity index (χ2v) is 5.31. The first-order valence-electron chi connectivity index (χ1n) is 5.07. The van der Waals surface area contributed by atoms with Crippen LogP contribution in [0.1, 0.15) is 33.1 Å². The van der Waals surface area contributed by atoms with Gasteiger partial charge in [0.05, 0.1) is 6.20 Å². The van der Waals surface area contributed by atoms with Crippen molar-refractivity contribution in [3.63, 3.8) is 0 Å². The molecule has 0 aliphatic rings. The molecule has 5 nitrogen and oxygen atoms in total. The highest BCUT2D eigenvalue weighted by atomic mass is 32.2. The second-order valence-electron chi connectivity index (χ2n) is 3.60. The van der Waals surface area contributed by atoms with Crippen LogP contribution in [-0.2, 0) is 10.0 Å². The van der Waals surface area contributed by atoms with Crippen LogP contribution in [0, 0.1) is 0 Å². The molecule has 0 fully saturated rings. The van der Waals surface area contributed by atoms with Gasteiger partial charge in [-0.05, 0) is 13.3 Å². The molecule has 0 amide bonds. The Morgan fingerprint density at radius 3 is 2.87 bits per heavy atom. The van der Waals surface area contributed by atoms with E-state index in [0.29, 0.717) is 0 Å². The fraction of sp³-hybridized carbons (Fsp3) is 0.667. The predicted molar refractivity (Wildman–Crippen MR) is 57.9 cm³/mol. The highest BCUT2D eigenvalue weighted by Crippen LogP contribution is 2.08. The Labute approximate surface area is 90.3 Å². The standard InChI is InChI=1S/C9H17N3O2S/c1-3-4-5-8(2)12-15(13,14)9-6-10-11-7-9/h6-8,12H,3-5H2,1-2H3,(H,10,11). The molecule has 1 rings (SSSR count). The van der Waals surface area contributed by atoms with Crippen molar-refractivity contribution in [3.8, 4) is 0 Å². The predicted octanol–water partition coefficient (Wildman–Crippen LogP) is 1.27. The van der Waals surface area contributed by atoms with Gasteiger partial charge in [-0.2, -0.15) is 5.10 Å². The SMILES string of the molecule is CCCCC(C)NS(=O)(=O)c1cn[nH]c1. The largest absolute Gasteiger partial charge is 0.284 e. The number of nitrogens with zero attached hydrogens (tertiary/aromatic N) is 1. The summed E-state index contributed by atoms with van der Waals surface area (Å²) in [6.07, 6.45) is 5.62. The molecule has 15 heavy (non-hydrogen) atoms. The van der Waals surface area contributed by atoms with Gasteiger partial charge in [0.15, 0.2) is 0 Å². The fourth-order valence-electron chi connectivity index (χ4n) is 1.29. The number of sulfonamides is 1. The Bertz CT molecular complexity index is 372. The highest BCUT2D eigenvalue weighted by Gasteiger charge is 2.17. The summed E-state index contributed by atoms with van der Waals surface area (Å²) < 4.78 is 26.0. The molecular weight excluding hydrogens is 214 g/mol.